The molecule has 2 heterocycles. The van der Waals surface area contributed by atoms with Crippen LogP contribution >= 0.6 is 11.3 Å². The van der Waals surface area contributed by atoms with Gasteiger partial charge in [0, 0.05) is 10.9 Å². The van der Waals surface area contributed by atoms with Gasteiger partial charge in [-0.1, -0.05) is 0 Å². The molecule has 6 heteroatoms. The number of aryl methyl sites for hydroxylation is 1. The molecule has 0 radical (unpaired) electrons. The first-order valence-electron chi connectivity index (χ1n) is 6.46. The van der Waals surface area contributed by atoms with Crippen molar-refractivity contribution in [3.05, 3.63) is 40.4 Å². The monoisotopic (exact) mass is 289 g/mol. The van der Waals surface area contributed by atoms with Gasteiger partial charge in [-0.2, -0.15) is 0 Å². The smallest absolute Gasteiger partial charge is 0.251 e. The van der Waals surface area contributed by atoms with Gasteiger partial charge in [-0.3, -0.25) is 4.79 Å². The molecule has 1 aromatic heterocycles. The summed E-state index contributed by atoms with van der Waals surface area (Å²) in [5, 5.41) is 5.20. The van der Waals surface area contributed by atoms with Crippen molar-refractivity contribution in [1.82, 2.24) is 10.3 Å². The number of benzene rings is 1. The van der Waals surface area contributed by atoms with Crippen LogP contribution in [0.3, 0.4) is 0 Å². The number of amides is 1. The number of hydrogen-bond acceptors (Lipinski definition) is 5. The van der Waals surface area contributed by atoms with E-state index in [0.717, 1.165) is 36.5 Å². The topological polar surface area (TPSA) is 77.2 Å². The van der Waals surface area contributed by atoms with E-state index in [1.54, 1.807) is 6.07 Å². The standard InChI is InChI=1S/C14H15N3O2S/c15-14-17-11(8-20-14)7-16-13(18)10-3-4-12-9(6-10)2-1-5-19-12/h3-4,6,8H,1-2,5,7H2,(H2,15,17)(H,16,18). The second-order valence-electron chi connectivity index (χ2n) is 4.63. The lowest BCUT2D eigenvalue weighted by Gasteiger charge is -2.17. The van der Waals surface area contributed by atoms with Gasteiger partial charge in [0.15, 0.2) is 5.13 Å². The van der Waals surface area contributed by atoms with Gasteiger partial charge in [0.25, 0.3) is 5.91 Å². The quantitative estimate of drug-likeness (QED) is 0.905. The van der Waals surface area contributed by atoms with Crippen molar-refractivity contribution in [2.75, 3.05) is 12.3 Å². The third-order valence-electron chi connectivity index (χ3n) is 3.17. The summed E-state index contributed by atoms with van der Waals surface area (Å²) in [5.74, 6) is 0.782. The number of nitrogens with zero attached hydrogens (tertiary/aromatic N) is 1. The van der Waals surface area contributed by atoms with Crippen LogP contribution in [0, 0.1) is 0 Å². The third kappa shape index (κ3) is 2.75. The molecule has 0 unspecified atom stereocenters. The number of hydrogen-bond donors (Lipinski definition) is 2. The Balaban J connectivity index is 1.67. The van der Waals surface area contributed by atoms with Crippen molar-refractivity contribution in [3.63, 3.8) is 0 Å². The molecule has 0 fully saturated rings. The van der Waals surface area contributed by atoms with Crippen LogP contribution in [0.5, 0.6) is 5.75 Å². The second kappa shape index (κ2) is 5.50. The summed E-state index contributed by atoms with van der Waals surface area (Å²) < 4.78 is 5.54. The maximum absolute atomic E-state index is 12.1. The lowest BCUT2D eigenvalue weighted by atomic mass is 10.0. The summed E-state index contributed by atoms with van der Waals surface area (Å²) >= 11 is 1.37. The van der Waals surface area contributed by atoms with E-state index in [1.165, 1.54) is 11.3 Å². The molecule has 20 heavy (non-hydrogen) atoms. The van der Waals surface area contributed by atoms with E-state index in [-0.39, 0.29) is 5.91 Å². The summed E-state index contributed by atoms with van der Waals surface area (Å²) in [6.45, 7) is 1.14. The Kier molecular flexibility index (Phi) is 3.56. The highest BCUT2D eigenvalue weighted by Gasteiger charge is 2.13. The number of anilines is 1. The van der Waals surface area contributed by atoms with Crippen LogP contribution in [0.4, 0.5) is 5.13 Å². The fraction of sp³-hybridized carbons (Fsp3) is 0.286. The molecule has 3 N–H and O–H groups in total. The lowest BCUT2D eigenvalue weighted by molar-refractivity contribution is 0.0950. The highest BCUT2D eigenvalue weighted by molar-refractivity contribution is 7.13. The molecule has 1 aromatic carbocycles. The number of carbonyl (C=O) groups excluding carboxylic acids is 1. The molecule has 1 amide bonds. The van der Waals surface area contributed by atoms with Gasteiger partial charge in [0.2, 0.25) is 0 Å². The van der Waals surface area contributed by atoms with E-state index in [9.17, 15) is 4.79 Å². The molecule has 0 bridgehead atoms. The van der Waals surface area contributed by atoms with E-state index in [2.05, 4.69) is 10.3 Å². The van der Waals surface area contributed by atoms with Crippen molar-refractivity contribution >= 4 is 22.4 Å². The minimum atomic E-state index is -0.107. The maximum atomic E-state index is 12.1. The normalized spacial score (nSPS) is 13.4. The summed E-state index contributed by atoms with van der Waals surface area (Å²) in [5.41, 5.74) is 8.08. The molecule has 3 rings (SSSR count). The summed E-state index contributed by atoms with van der Waals surface area (Å²) in [6.07, 6.45) is 1.95. The summed E-state index contributed by atoms with van der Waals surface area (Å²) in [6, 6.07) is 5.55. The van der Waals surface area contributed by atoms with Crippen molar-refractivity contribution in [1.29, 1.82) is 0 Å². The van der Waals surface area contributed by atoms with Crippen LogP contribution in [0.25, 0.3) is 0 Å². The average molecular weight is 289 g/mol. The third-order valence-corrected chi connectivity index (χ3v) is 3.89. The van der Waals surface area contributed by atoms with Gasteiger partial charge in [0.1, 0.15) is 5.75 Å². The van der Waals surface area contributed by atoms with Crippen LogP contribution < -0.4 is 15.8 Å². The lowest BCUT2D eigenvalue weighted by Crippen LogP contribution is -2.23. The van der Waals surface area contributed by atoms with Crippen LogP contribution in [0.1, 0.15) is 28.0 Å². The molecule has 1 aliphatic rings. The number of rotatable bonds is 3. The van der Waals surface area contributed by atoms with Gasteiger partial charge in [0.05, 0.1) is 18.8 Å². The Labute approximate surface area is 120 Å². The van der Waals surface area contributed by atoms with E-state index in [1.807, 2.05) is 17.5 Å². The number of nitrogens with two attached hydrogens (primary N) is 1. The number of aromatic nitrogens is 1. The molecule has 0 saturated carbocycles. The zero-order valence-electron chi connectivity index (χ0n) is 10.9. The Morgan fingerprint density at radius 3 is 3.20 bits per heavy atom. The Morgan fingerprint density at radius 1 is 1.50 bits per heavy atom. The molecule has 1 aliphatic heterocycles. The Hall–Kier alpha value is -2.08. The first-order chi connectivity index (χ1) is 9.72. The van der Waals surface area contributed by atoms with Crippen molar-refractivity contribution in [3.8, 4) is 5.75 Å². The molecule has 5 nitrogen and oxygen atoms in total. The summed E-state index contributed by atoms with van der Waals surface area (Å²) in [4.78, 5) is 16.2. The van der Waals surface area contributed by atoms with Crippen molar-refractivity contribution < 1.29 is 9.53 Å². The number of carbonyl (C=O) groups is 1. The van der Waals surface area contributed by atoms with Gasteiger partial charge < -0.3 is 15.8 Å². The first kappa shape index (κ1) is 12.9. The van der Waals surface area contributed by atoms with Crippen LogP contribution in [-0.2, 0) is 13.0 Å². The number of nitrogens with one attached hydrogen (secondary N) is 1. The zero-order valence-corrected chi connectivity index (χ0v) is 11.7. The highest BCUT2D eigenvalue weighted by atomic mass is 32.1. The predicted octanol–water partition coefficient (Wildman–Crippen LogP) is 1.98. The molecule has 0 atom stereocenters. The fourth-order valence-corrected chi connectivity index (χ4v) is 2.74. The molecular weight excluding hydrogens is 274 g/mol. The van der Waals surface area contributed by atoms with Crippen LogP contribution in [-0.4, -0.2) is 17.5 Å². The molecule has 0 aliphatic carbocycles. The SMILES string of the molecule is Nc1nc(CNC(=O)c2ccc3c(c2)CCCO3)cs1. The number of fused-ring (bicyclic) bond motifs is 1. The Bertz CT molecular complexity index is 639. The van der Waals surface area contributed by atoms with Crippen molar-refractivity contribution in [2.24, 2.45) is 0 Å². The van der Waals surface area contributed by atoms with E-state index in [0.29, 0.717) is 17.2 Å². The highest BCUT2D eigenvalue weighted by Crippen LogP contribution is 2.25. The van der Waals surface area contributed by atoms with Gasteiger partial charge in [-0.25, -0.2) is 4.98 Å². The van der Waals surface area contributed by atoms with Crippen LogP contribution in [0.15, 0.2) is 23.6 Å². The molecule has 0 spiro atoms. The first-order valence-corrected chi connectivity index (χ1v) is 7.34. The fourth-order valence-electron chi connectivity index (χ4n) is 2.18. The maximum Gasteiger partial charge on any atom is 0.251 e. The number of nitrogen functional groups attached to an aromatic ring is 1. The molecule has 104 valence electrons. The average Bonchev–Trinajstić information content (AvgIpc) is 2.90. The van der Waals surface area contributed by atoms with Gasteiger partial charge >= 0.3 is 0 Å². The zero-order chi connectivity index (χ0) is 13.9. The Morgan fingerprint density at radius 2 is 2.40 bits per heavy atom. The minimum absolute atomic E-state index is 0.107. The van der Waals surface area contributed by atoms with E-state index in [4.69, 9.17) is 10.5 Å². The van der Waals surface area contributed by atoms with E-state index >= 15 is 0 Å². The number of thiazole rings is 1. The predicted molar refractivity (Wildman–Crippen MR) is 78.0 cm³/mol. The van der Waals surface area contributed by atoms with E-state index < -0.39 is 0 Å². The minimum Gasteiger partial charge on any atom is -0.493 e. The van der Waals surface area contributed by atoms with Crippen molar-refractivity contribution in [2.45, 2.75) is 19.4 Å². The molecule has 2 aromatic rings. The van der Waals surface area contributed by atoms with Gasteiger partial charge in [-0.05, 0) is 36.6 Å². The second-order valence-corrected chi connectivity index (χ2v) is 5.52. The largest absolute Gasteiger partial charge is 0.493 e. The summed E-state index contributed by atoms with van der Waals surface area (Å²) in [7, 11) is 0. The number of ether oxygens (including phenoxy) is 1. The molecule has 0 saturated heterocycles. The molecular formula is C14H15N3O2S. The van der Waals surface area contributed by atoms with Gasteiger partial charge in [-0.15, -0.1) is 11.3 Å². The van der Waals surface area contributed by atoms with Crippen LogP contribution in [0.2, 0.25) is 0 Å².